The van der Waals surface area contributed by atoms with Crippen LogP contribution in [0.3, 0.4) is 0 Å². The fourth-order valence-corrected chi connectivity index (χ4v) is 12.7. The monoisotopic (exact) mass is 658 g/mol. The van der Waals surface area contributed by atoms with Crippen LogP contribution in [0.25, 0.3) is 0 Å². The maximum atomic E-state index is 13.5. The highest BCUT2D eigenvalue weighted by Crippen LogP contribution is 2.76. The van der Waals surface area contributed by atoms with E-state index in [4.69, 9.17) is 9.47 Å². The molecule has 8 heteroatoms. The summed E-state index contributed by atoms with van der Waals surface area (Å²) < 4.78 is 12.2. The molecule has 2 amide bonds. The van der Waals surface area contributed by atoms with Gasteiger partial charge in [0.05, 0.1) is 29.3 Å². The molecule has 0 aromatic carbocycles. The third kappa shape index (κ3) is 5.48. The van der Waals surface area contributed by atoms with Gasteiger partial charge in [-0.2, -0.15) is 0 Å². The Labute approximate surface area is 284 Å². The third-order valence-electron chi connectivity index (χ3n) is 15.5. The van der Waals surface area contributed by atoms with Crippen LogP contribution in [0.1, 0.15) is 134 Å². The predicted molar refractivity (Wildman–Crippen MR) is 182 cm³/mol. The lowest BCUT2D eigenvalue weighted by Crippen LogP contribution is -2.68. The van der Waals surface area contributed by atoms with Gasteiger partial charge in [0.1, 0.15) is 5.60 Å². The molecular formula is C39H66N2O6. The maximum absolute atomic E-state index is 13.5. The van der Waals surface area contributed by atoms with Crippen LogP contribution in [0.2, 0.25) is 0 Å². The summed E-state index contributed by atoms with van der Waals surface area (Å²) in [7, 11) is 0. The molecule has 2 heterocycles. The lowest BCUT2D eigenvalue weighted by molar-refractivity contribution is -0.240. The lowest BCUT2D eigenvalue weighted by Gasteiger charge is -2.71. The van der Waals surface area contributed by atoms with Gasteiger partial charge in [0, 0.05) is 19.1 Å². The number of rotatable bonds is 4. The average molecular weight is 659 g/mol. The minimum absolute atomic E-state index is 0.0204. The van der Waals surface area contributed by atoms with Crippen molar-refractivity contribution in [2.24, 2.45) is 51.2 Å². The molecule has 268 valence electrons. The van der Waals surface area contributed by atoms with Crippen LogP contribution in [-0.4, -0.2) is 75.3 Å². The van der Waals surface area contributed by atoms with E-state index in [1.54, 1.807) is 4.90 Å². The van der Waals surface area contributed by atoms with Crippen LogP contribution in [-0.2, 0) is 14.3 Å². The summed E-state index contributed by atoms with van der Waals surface area (Å²) in [5.41, 5.74) is -1.60. The highest BCUT2D eigenvalue weighted by molar-refractivity contribution is 5.83. The Morgan fingerprint density at radius 2 is 1.49 bits per heavy atom. The highest BCUT2D eigenvalue weighted by atomic mass is 16.6. The Kier molecular flexibility index (Phi) is 8.34. The van der Waals surface area contributed by atoms with Crippen molar-refractivity contribution in [2.75, 3.05) is 13.1 Å². The van der Waals surface area contributed by atoms with Crippen molar-refractivity contribution in [3.63, 3.8) is 0 Å². The normalized spacial score (nSPS) is 46.6. The van der Waals surface area contributed by atoms with Crippen molar-refractivity contribution < 1.29 is 29.3 Å². The van der Waals surface area contributed by atoms with E-state index >= 15 is 0 Å². The molecule has 4 saturated carbocycles. The van der Waals surface area contributed by atoms with Gasteiger partial charge >= 0.3 is 6.09 Å². The fraction of sp³-hybridized carbons (Fsp3) is 0.949. The molecule has 11 atom stereocenters. The lowest BCUT2D eigenvalue weighted by atomic mass is 9.35. The standard InChI is InChI=1S/C39H66N2O6/c1-33(2,3)47-32(44)41-21-23(22-41)31(43)40-28-14-16-36(8)26(34(28,4)5)13-18-37(9)27(36)20-25(42)30-24(12-17-38(30,37)10)39(11)19-15-29(46-39)35(6,7)45/h23-30,42,45H,12-22H2,1-11H3,(H,40,43)/t24-,25+,26-,27+,28-,29+,30-,36-,37+,38+,39-/m0/s1. The van der Waals surface area contributed by atoms with Crippen LogP contribution in [0.5, 0.6) is 0 Å². The van der Waals surface area contributed by atoms with Gasteiger partial charge < -0.3 is 29.9 Å². The largest absolute Gasteiger partial charge is 0.444 e. The van der Waals surface area contributed by atoms with Gasteiger partial charge in [-0.1, -0.05) is 34.6 Å². The number of aliphatic hydroxyl groups is 2. The van der Waals surface area contributed by atoms with Crippen molar-refractivity contribution in [1.82, 2.24) is 10.2 Å². The summed E-state index contributed by atoms with van der Waals surface area (Å²) in [6, 6.07) is 0.0869. The molecule has 0 aromatic heterocycles. The van der Waals surface area contributed by atoms with E-state index in [0.717, 1.165) is 57.8 Å². The molecule has 0 bridgehead atoms. The first-order chi connectivity index (χ1) is 21.5. The van der Waals surface area contributed by atoms with E-state index in [2.05, 4.69) is 46.9 Å². The Morgan fingerprint density at radius 1 is 0.851 bits per heavy atom. The fourth-order valence-electron chi connectivity index (χ4n) is 12.7. The number of hydrogen-bond acceptors (Lipinski definition) is 6. The second-order valence-corrected chi connectivity index (χ2v) is 20.1. The van der Waals surface area contributed by atoms with Crippen molar-refractivity contribution in [1.29, 1.82) is 0 Å². The number of nitrogens with one attached hydrogen (secondary N) is 1. The molecule has 0 unspecified atom stereocenters. The zero-order chi connectivity index (χ0) is 34.8. The summed E-state index contributed by atoms with van der Waals surface area (Å²) in [5.74, 6) is 1.21. The molecule has 6 rings (SSSR count). The number of hydrogen-bond donors (Lipinski definition) is 3. The quantitative estimate of drug-likeness (QED) is 0.310. The zero-order valence-electron chi connectivity index (χ0n) is 31.4. The number of likely N-dealkylation sites (tertiary alicyclic amines) is 1. The molecule has 0 aromatic rings. The van der Waals surface area contributed by atoms with Gasteiger partial charge in [-0.25, -0.2) is 4.79 Å². The van der Waals surface area contributed by atoms with E-state index < -0.39 is 11.2 Å². The number of nitrogens with zero attached hydrogens (tertiary/aromatic N) is 1. The zero-order valence-corrected chi connectivity index (χ0v) is 31.4. The van der Waals surface area contributed by atoms with E-state index in [9.17, 15) is 19.8 Å². The van der Waals surface area contributed by atoms with Gasteiger partial charge in [0.2, 0.25) is 5.91 Å². The van der Waals surface area contributed by atoms with Gasteiger partial charge in [0.25, 0.3) is 0 Å². The van der Waals surface area contributed by atoms with Crippen LogP contribution in [0.4, 0.5) is 4.79 Å². The van der Waals surface area contributed by atoms with Crippen LogP contribution in [0.15, 0.2) is 0 Å². The summed E-state index contributed by atoms with van der Waals surface area (Å²) in [4.78, 5) is 27.5. The molecule has 0 radical (unpaired) electrons. The maximum Gasteiger partial charge on any atom is 0.410 e. The summed E-state index contributed by atoms with van der Waals surface area (Å²) in [6.45, 7) is 24.7. The first-order valence-electron chi connectivity index (χ1n) is 18.8. The summed E-state index contributed by atoms with van der Waals surface area (Å²) in [5, 5.41) is 26.4. The van der Waals surface area contributed by atoms with E-state index in [1.807, 2.05) is 34.6 Å². The van der Waals surface area contributed by atoms with Crippen LogP contribution < -0.4 is 5.32 Å². The van der Waals surface area contributed by atoms with Crippen LogP contribution in [0, 0.1) is 51.2 Å². The average Bonchev–Trinajstić information content (AvgIpc) is 3.48. The van der Waals surface area contributed by atoms with E-state index in [-0.39, 0.29) is 69.3 Å². The van der Waals surface area contributed by atoms with Crippen molar-refractivity contribution >= 4 is 12.0 Å². The topological polar surface area (TPSA) is 108 Å². The Hall–Kier alpha value is -1.38. The molecule has 6 aliphatic rings. The Balaban J connectivity index is 1.16. The molecule has 47 heavy (non-hydrogen) atoms. The second kappa shape index (κ2) is 11.1. The number of ether oxygens (including phenoxy) is 2. The van der Waals surface area contributed by atoms with Crippen molar-refractivity contribution in [3.8, 4) is 0 Å². The number of carbonyl (C=O) groups is 2. The molecular weight excluding hydrogens is 592 g/mol. The van der Waals surface area contributed by atoms with Crippen molar-refractivity contribution in [2.45, 2.75) is 169 Å². The highest BCUT2D eigenvalue weighted by Gasteiger charge is 2.72. The molecule has 2 saturated heterocycles. The minimum Gasteiger partial charge on any atom is -0.444 e. The SMILES string of the molecule is CC(C)(C)OC(=O)N1CC(C(=O)N[C@H]2CC[C@]3(C)[C@H]4C[C@@H](O)[C@@H]5[C@@H]([C@]6(C)CC[C@H](C(C)(C)O)O6)CC[C@@]5(C)[C@]4(C)CC[C@H]3C2(C)C)C1. The van der Waals surface area contributed by atoms with Crippen molar-refractivity contribution in [3.05, 3.63) is 0 Å². The van der Waals surface area contributed by atoms with Gasteiger partial charge in [-0.15, -0.1) is 0 Å². The smallest absolute Gasteiger partial charge is 0.410 e. The van der Waals surface area contributed by atoms with E-state index in [1.165, 1.54) is 0 Å². The minimum atomic E-state index is -0.863. The molecule has 3 N–H and O–H groups in total. The van der Waals surface area contributed by atoms with Gasteiger partial charge in [0.15, 0.2) is 0 Å². The molecule has 0 spiro atoms. The second-order valence-electron chi connectivity index (χ2n) is 20.1. The Bertz CT molecular complexity index is 1250. The summed E-state index contributed by atoms with van der Waals surface area (Å²) >= 11 is 0. The number of amides is 2. The van der Waals surface area contributed by atoms with Gasteiger partial charge in [-0.05, 0) is 145 Å². The predicted octanol–water partition coefficient (Wildman–Crippen LogP) is 6.70. The number of fused-ring (bicyclic) bond motifs is 5. The first-order valence-corrected chi connectivity index (χ1v) is 18.8. The first kappa shape index (κ1) is 35.4. The third-order valence-corrected chi connectivity index (χ3v) is 15.5. The molecule has 8 nitrogen and oxygen atoms in total. The number of carbonyl (C=O) groups excluding carboxylic acids is 2. The van der Waals surface area contributed by atoms with Crippen LogP contribution >= 0.6 is 0 Å². The van der Waals surface area contributed by atoms with E-state index in [0.29, 0.717) is 30.8 Å². The Morgan fingerprint density at radius 3 is 2.09 bits per heavy atom. The summed E-state index contributed by atoms with van der Waals surface area (Å²) in [6.07, 6.45) is 8.21. The molecule has 4 aliphatic carbocycles. The number of aliphatic hydroxyl groups excluding tert-OH is 1. The molecule has 6 fully saturated rings. The molecule has 2 aliphatic heterocycles. The van der Waals surface area contributed by atoms with Gasteiger partial charge in [-0.3, -0.25) is 4.79 Å².